The predicted molar refractivity (Wildman–Crippen MR) is 103 cm³/mol. The topological polar surface area (TPSA) is 77.3 Å². The number of hydrogen-bond donors (Lipinski definition) is 1. The molecule has 26 heavy (non-hydrogen) atoms. The third-order valence-electron chi connectivity index (χ3n) is 5.99. The van der Waals surface area contributed by atoms with E-state index in [9.17, 15) is 4.79 Å². The van der Waals surface area contributed by atoms with Crippen molar-refractivity contribution in [3.8, 4) is 0 Å². The molecule has 1 saturated carbocycles. The third kappa shape index (κ3) is 2.35. The number of hydrogen-bond acceptors (Lipinski definition) is 5. The molecule has 1 aliphatic carbocycles. The molecule has 6 heteroatoms. The largest absolute Gasteiger partial charge is 0.443 e. The number of anilines is 1. The first kappa shape index (κ1) is 15.9. The van der Waals surface area contributed by atoms with Crippen LogP contribution in [0, 0.1) is 5.92 Å². The molecule has 1 aromatic carbocycles. The molecule has 2 aliphatic rings. The Bertz CT molecular complexity index is 1060. The molecular formula is C20H24N4O2. The van der Waals surface area contributed by atoms with Gasteiger partial charge in [0.25, 0.3) is 5.56 Å². The van der Waals surface area contributed by atoms with Crippen molar-refractivity contribution in [2.24, 2.45) is 11.7 Å². The van der Waals surface area contributed by atoms with Gasteiger partial charge in [0.2, 0.25) is 0 Å². The van der Waals surface area contributed by atoms with Crippen molar-refractivity contribution >= 4 is 27.7 Å². The first-order valence-electron chi connectivity index (χ1n) is 9.39. The van der Waals surface area contributed by atoms with E-state index in [0.29, 0.717) is 17.0 Å². The minimum Gasteiger partial charge on any atom is -0.443 e. The van der Waals surface area contributed by atoms with Crippen molar-refractivity contribution in [3.05, 3.63) is 34.9 Å². The molecule has 1 aliphatic heterocycles. The zero-order valence-electron chi connectivity index (χ0n) is 15.2. The molecule has 0 amide bonds. The summed E-state index contributed by atoms with van der Waals surface area (Å²) in [7, 11) is 0. The zero-order valence-corrected chi connectivity index (χ0v) is 15.2. The molecule has 2 aromatic heterocycles. The van der Waals surface area contributed by atoms with Gasteiger partial charge in [-0.1, -0.05) is 0 Å². The molecule has 3 aromatic rings. The summed E-state index contributed by atoms with van der Waals surface area (Å²) < 4.78 is 7.46. The van der Waals surface area contributed by atoms with Gasteiger partial charge >= 0.3 is 0 Å². The molecule has 0 bridgehead atoms. The summed E-state index contributed by atoms with van der Waals surface area (Å²) in [4.78, 5) is 19.4. The van der Waals surface area contributed by atoms with Gasteiger partial charge in [-0.15, -0.1) is 0 Å². The van der Waals surface area contributed by atoms with Crippen LogP contribution in [-0.4, -0.2) is 28.2 Å². The van der Waals surface area contributed by atoms with Crippen LogP contribution in [0.4, 0.5) is 5.69 Å². The smallest absolute Gasteiger partial charge is 0.281 e. The summed E-state index contributed by atoms with van der Waals surface area (Å²) in [6, 6.07) is 6.62. The second-order valence-corrected chi connectivity index (χ2v) is 8.39. The predicted octanol–water partition coefficient (Wildman–Crippen LogP) is 3.04. The molecule has 5 rings (SSSR count). The highest BCUT2D eigenvalue weighted by Gasteiger charge is 2.33. The Labute approximate surface area is 151 Å². The number of pyridine rings is 1. The van der Waals surface area contributed by atoms with Gasteiger partial charge in [0.05, 0.1) is 5.52 Å². The van der Waals surface area contributed by atoms with Crippen LogP contribution in [0.2, 0.25) is 0 Å². The lowest BCUT2D eigenvalue weighted by molar-refractivity contribution is 0.348. The van der Waals surface area contributed by atoms with Crippen LogP contribution in [0.1, 0.15) is 39.2 Å². The standard InChI is InChI=1S/C20H24N4O2/c1-20(2,21)12-7-8-23(10-12)14-5-6-15-16(9-14)24(13-3-4-13)19(25)17-18(15)26-11-22-17/h5-6,9,11-13H,3-4,7-8,10,21H2,1-2H3. The molecule has 1 saturated heterocycles. The summed E-state index contributed by atoms with van der Waals surface area (Å²) in [5.74, 6) is 0.473. The van der Waals surface area contributed by atoms with Crippen LogP contribution in [-0.2, 0) is 0 Å². The Balaban J connectivity index is 1.65. The van der Waals surface area contributed by atoms with Crippen LogP contribution >= 0.6 is 0 Å². The second kappa shape index (κ2) is 5.33. The first-order chi connectivity index (χ1) is 12.4. The van der Waals surface area contributed by atoms with Gasteiger partial charge in [0, 0.05) is 35.7 Å². The summed E-state index contributed by atoms with van der Waals surface area (Å²) in [6.45, 7) is 6.15. The van der Waals surface area contributed by atoms with Gasteiger partial charge in [-0.3, -0.25) is 4.79 Å². The molecule has 6 nitrogen and oxygen atoms in total. The van der Waals surface area contributed by atoms with Gasteiger partial charge in [0.1, 0.15) is 0 Å². The molecule has 2 N–H and O–H groups in total. The van der Waals surface area contributed by atoms with Crippen molar-refractivity contribution in [1.29, 1.82) is 0 Å². The molecule has 1 unspecified atom stereocenters. The van der Waals surface area contributed by atoms with E-state index in [2.05, 4.69) is 41.9 Å². The number of nitrogens with zero attached hydrogens (tertiary/aromatic N) is 3. The van der Waals surface area contributed by atoms with E-state index in [0.717, 1.165) is 48.9 Å². The van der Waals surface area contributed by atoms with E-state index in [1.54, 1.807) is 0 Å². The third-order valence-corrected chi connectivity index (χ3v) is 5.99. The highest BCUT2D eigenvalue weighted by Crippen LogP contribution is 2.39. The minimum atomic E-state index is -0.173. The Morgan fingerprint density at radius 2 is 2.08 bits per heavy atom. The molecule has 0 radical (unpaired) electrons. The Morgan fingerprint density at radius 1 is 1.27 bits per heavy atom. The summed E-state index contributed by atoms with van der Waals surface area (Å²) in [6.07, 6.45) is 4.56. The maximum atomic E-state index is 12.9. The molecule has 2 fully saturated rings. The van der Waals surface area contributed by atoms with Crippen molar-refractivity contribution in [2.75, 3.05) is 18.0 Å². The van der Waals surface area contributed by atoms with Crippen molar-refractivity contribution < 1.29 is 4.42 Å². The average Bonchev–Trinajstić information content (AvgIpc) is 3.12. The fourth-order valence-corrected chi connectivity index (χ4v) is 4.22. The molecule has 0 spiro atoms. The van der Waals surface area contributed by atoms with Crippen molar-refractivity contribution in [2.45, 2.75) is 44.7 Å². The van der Waals surface area contributed by atoms with E-state index in [-0.39, 0.29) is 17.1 Å². The van der Waals surface area contributed by atoms with Crippen LogP contribution in [0.5, 0.6) is 0 Å². The van der Waals surface area contributed by atoms with Gasteiger partial charge < -0.3 is 19.6 Å². The van der Waals surface area contributed by atoms with E-state index in [4.69, 9.17) is 10.2 Å². The van der Waals surface area contributed by atoms with Crippen LogP contribution in [0.25, 0.3) is 22.0 Å². The van der Waals surface area contributed by atoms with Gasteiger partial charge in [0.15, 0.2) is 17.5 Å². The number of rotatable bonds is 3. The highest BCUT2D eigenvalue weighted by atomic mass is 16.3. The second-order valence-electron chi connectivity index (χ2n) is 8.39. The summed E-state index contributed by atoms with van der Waals surface area (Å²) in [5, 5.41) is 0.961. The number of oxazole rings is 1. The van der Waals surface area contributed by atoms with E-state index < -0.39 is 0 Å². The van der Waals surface area contributed by atoms with Crippen molar-refractivity contribution in [3.63, 3.8) is 0 Å². The Morgan fingerprint density at radius 3 is 2.77 bits per heavy atom. The molecule has 1 atom stereocenters. The van der Waals surface area contributed by atoms with E-state index in [1.807, 2.05) is 4.57 Å². The van der Waals surface area contributed by atoms with Crippen LogP contribution < -0.4 is 16.2 Å². The first-order valence-corrected chi connectivity index (χ1v) is 9.39. The lowest BCUT2D eigenvalue weighted by Crippen LogP contribution is -2.42. The average molecular weight is 352 g/mol. The number of nitrogens with two attached hydrogens (primary N) is 1. The minimum absolute atomic E-state index is 0.0386. The van der Waals surface area contributed by atoms with Crippen LogP contribution in [0.15, 0.2) is 33.8 Å². The summed E-state index contributed by atoms with van der Waals surface area (Å²) >= 11 is 0. The maximum Gasteiger partial charge on any atom is 0.281 e. The number of fused-ring (bicyclic) bond motifs is 3. The quantitative estimate of drug-likeness (QED) is 0.784. The maximum absolute atomic E-state index is 12.9. The van der Waals surface area contributed by atoms with Gasteiger partial charge in [-0.05, 0) is 57.2 Å². The van der Waals surface area contributed by atoms with Crippen LogP contribution in [0.3, 0.4) is 0 Å². The van der Waals surface area contributed by atoms with E-state index in [1.165, 1.54) is 6.39 Å². The molecular weight excluding hydrogens is 328 g/mol. The number of aromatic nitrogens is 2. The summed E-state index contributed by atoms with van der Waals surface area (Å²) in [5.41, 5.74) is 9.24. The monoisotopic (exact) mass is 352 g/mol. The Hall–Kier alpha value is -2.34. The lowest BCUT2D eigenvalue weighted by Gasteiger charge is -2.27. The molecule has 136 valence electrons. The fraction of sp³-hybridized carbons (Fsp3) is 0.500. The normalized spacial score (nSPS) is 21.2. The SMILES string of the molecule is CC(C)(N)C1CCN(c2ccc3c4ocnc4c(=O)n(C4CC4)c3c2)C1. The number of benzene rings is 1. The lowest BCUT2D eigenvalue weighted by atomic mass is 9.88. The van der Waals surface area contributed by atoms with Gasteiger partial charge in [-0.2, -0.15) is 0 Å². The van der Waals surface area contributed by atoms with Crippen molar-refractivity contribution in [1.82, 2.24) is 9.55 Å². The van der Waals surface area contributed by atoms with Gasteiger partial charge in [-0.25, -0.2) is 4.98 Å². The Kier molecular flexibility index (Phi) is 3.26. The fourth-order valence-electron chi connectivity index (χ4n) is 4.22. The zero-order chi connectivity index (χ0) is 18.1. The highest BCUT2D eigenvalue weighted by molar-refractivity contribution is 6.01. The van der Waals surface area contributed by atoms with E-state index >= 15 is 0 Å². The molecule has 3 heterocycles.